The summed E-state index contributed by atoms with van der Waals surface area (Å²) in [6.45, 7) is 0. The molecular formula is C23H28ClN3O11S. The summed E-state index contributed by atoms with van der Waals surface area (Å²) >= 11 is 6.35. The zero-order valence-corrected chi connectivity index (χ0v) is 22.8. The standard InChI is InChI=1S/C23H26ClN3O7.H2O4S/c1-26(2)16-9-5-8-6-10-17(27(3)4)19(30)15(22(25)33)21(32)23(10,34)20(31)13(8)18(29)14(9)12(28)7-11(16)24;1-5(2,3)4/h7-8,10,17,28-29,32,34H,5-6H2,1-4H3,(H2,25,33);(H2,1,2,3,4)/t8?,10?,17-,23?;/m0./s1. The van der Waals surface area contributed by atoms with Gasteiger partial charge in [-0.2, -0.15) is 8.42 Å². The second kappa shape index (κ2) is 10.1. The number of phenols is 1. The van der Waals surface area contributed by atoms with Gasteiger partial charge in [0.05, 0.1) is 22.3 Å². The van der Waals surface area contributed by atoms with Gasteiger partial charge in [-0.25, -0.2) is 0 Å². The molecule has 0 aliphatic heterocycles. The molecule has 3 unspecified atom stereocenters. The third-order valence-corrected chi connectivity index (χ3v) is 7.38. The second-order valence-electron chi connectivity index (χ2n) is 9.88. The van der Waals surface area contributed by atoms with Crippen LogP contribution in [0.15, 0.2) is 23.0 Å². The van der Waals surface area contributed by atoms with Gasteiger partial charge < -0.3 is 31.1 Å². The number of aliphatic hydroxyl groups excluding tert-OH is 2. The van der Waals surface area contributed by atoms with Crippen molar-refractivity contribution in [2.24, 2.45) is 17.6 Å². The average Bonchev–Trinajstić information content (AvgIpc) is 2.74. The fourth-order valence-electron chi connectivity index (χ4n) is 5.76. The average molecular weight is 590 g/mol. The van der Waals surface area contributed by atoms with E-state index in [0.29, 0.717) is 11.3 Å². The van der Waals surface area contributed by atoms with Crippen molar-refractivity contribution >= 4 is 50.9 Å². The minimum Gasteiger partial charge on any atom is -0.508 e. The molecule has 1 aromatic carbocycles. The van der Waals surface area contributed by atoms with E-state index in [9.17, 15) is 34.8 Å². The number of aliphatic hydroxyl groups is 3. The molecule has 1 aromatic rings. The van der Waals surface area contributed by atoms with Gasteiger partial charge in [0, 0.05) is 31.7 Å². The summed E-state index contributed by atoms with van der Waals surface area (Å²) in [6, 6.07) is 0.125. The van der Waals surface area contributed by atoms with Crippen molar-refractivity contribution in [3.8, 4) is 5.75 Å². The topological polar surface area (TPSA) is 239 Å². The van der Waals surface area contributed by atoms with E-state index in [4.69, 9.17) is 34.9 Å². The van der Waals surface area contributed by atoms with Gasteiger partial charge in [-0.1, -0.05) is 11.6 Å². The van der Waals surface area contributed by atoms with Crippen LogP contribution in [0.3, 0.4) is 0 Å². The number of nitrogens with two attached hydrogens (primary N) is 1. The maximum absolute atomic E-state index is 13.7. The van der Waals surface area contributed by atoms with Gasteiger partial charge in [0.1, 0.15) is 22.8 Å². The number of likely N-dealkylation sites (N-methyl/N-ethyl adjacent to an activating group) is 1. The first-order valence-electron chi connectivity index (χ1n) is 11.3. The van der Waals surface area contributed by atoms with Crippen molar-refractivity contribution in [3.63, 3.8) is 0 Å². The number of aromatic hydroxyl groups is 1. The summed E-state index contributed by atoms with van der Waals surface area (Å²) in [5.74, 6) is -6.90. The Hall–Kier alpha value is -3.21. The van der Waals surface area contributed by atoms with E-state index in [1.165, 1.54) is 11.0 Å². The molecule has 3 aliphatic carbocycles. The Balaban J connectivity index is 0.000000771. The number of halogens is 1. The fourth-order valence-corrected chi connectivity index (χ4v) is 6.14. The maximum Gasteiger partial charge on any atom is 0.394 e. The lowest BCUT2D eigenvalue weighted by Crippen LogP contribution is -2.65. The van der Waals surface area contributed by atoms with Gasteiger partial charge in [0.25, 0.3) is 5.91 Å². The first kappa shape index (κ1) is 30.3. The van der Waals surface area contributed by atoms with Crippen molar-refractivity contribution in [2.45, 2.75) is 24.5 Å². The number of phenolic OH excluding ortho intramolecular Hbond substituents is 1. The molecule has 16 heteroatoms. The third kappa shape index (κ3) is 4.97. The summed E-state index contributed by atoms with van der Waals surface area (Å²) in [5, 5.41) is 44.3. The predicted octanol–water partition coefficient (Wildman–Crippen LogP) is 0.0306. The molecule has 1 saturated carbocycles. The van der Waals surface area contributed by atoms with Crippen LogP contribution in [0.5, 0.6) is 5.75 Å². The lowest BCUT2D eigenvalue weighted by atomic mass is 9.57. The monoisotopic (exact) mass is 589 g/mol. The number of Topliss-reactive ketones (excluding diaryl/α,β-unsaturated/α-hetero) is 2. The summed E-state index contributed by atoms with van der Waals surface area (Å²) < 4.78 is 31.6. The Labute approximate surface area is 228 Å². The molecule has 1 fully saturated rings. The van der Waals surface area contributed by atoms with E-state index >= 15 is 0 Å². The number of benzene rings is 1. The fraction of sp³-hybridized carbons (Fsp3) is 0.435. The van der Waals surface area contributed by atoms with Crippen molar-refractivity contribution < 1.29 is 52.3 Å². The Bertz CT molecular complexity index is 1440. The number of hydrogen-bond donors (Lipinski definition) is 7. The second-order valence-corrected chi connectivity index (χ2v) is 11.2. The molecule has 0 bridgehead atoms. The molecule has 3 aliphatic rings. The smallest absolute Gasteiger partial charge is 0.394 e. The highest BCUT2D eigenvalue weighted by Gasteiger charge is 2.64. The number of anilines is 1. The molecule has 39 heavy (non-hydrogen) atoms. The van der Waals surface area contributed by atoms with Gasteiger partial charge in [0.2, 0.25) is 5.78 Å². The van der Waals surface area contributed by atoms with E-state index in [2.05, 4.69) is 0 Å². The third-order valence-electron chi connectivity index (χ3n) is 7.09. The van der Waals surface area contributed by atoms with E-state index in [1.54, 1.807) is 33.1 Å². The Morgan fingerprint density at radius 3 is 2.13 bits per heavy atom. The minimum atomic E-state index is -4.67. The van der Waals surface area contributed by atoms with Crippen molar-refractivity contribution in [1.29, 1.82) is 0 Å². The van der Waals surface area contributed by atoms with Crippen LogP contribution in [0.4, 0.5) is 5.69 Å². The number of amides is 1. The molecule has 0 spiro atoms. The summed E-state index contributed by atoms with van der Waals surface area (Å²) in [5.41, 5.74) is 2.68. The van der Waals surface area contributed by atoms with Crippen LogP contribution in [0.1, 0.15) is 17.5 Å². The van der Waals surface area contributed by atoms with E-state index < -0.39 is 68.4 Å². The van der Waals surface area contributed by atoms with Crippen LogP contribution >= 0.6 is 11.6 Å². The molecule has 0 saturated heterocycles. The van der Waals surface area contributed by atoms with Crippen LogP contribution in [-0.2, 0) is 31.2 Å². The van der Waals surface area contributed by atoms with Crippen LogP contribution < -0.4 is 10.6 Å². The number of fused-ring (bicyclic) bond motifs is 3. The molecule has 14 nitrogen and oxygen atoms in total. The largest absolute Gasteiger partial charge is 0.508 e. The quantitative estimate of drug-likeness (QED) is 0.182. The first-order chi connectivity index (χ1) is 17.7. The lowest BCUT2D eigenvalue weighted by Gasteiger charge is -2.50. The van der Waals surface area contributed by atoms with E-state index in [1.807, 2.05) is 0 Å². The molecule has 0 heterocycles. The van der Waals surface area contributed by atoms with Crippen molar-refractivity contribution in [1.82, 2.24) is 4.90 Å². The number of hydrogen-bond acceptors (Lipinski definition) is 11. The lowest BCUT2D eigenvalue weighted by molar-refractivity contribution is -0.153. The van der Waals surface area contributed by atoms with Gasteiger partial charge in [-0.3, -0.25) is 28.4 Å². The van der Waals surface area contributed by atoms with Crippen LogP contribution in [0, 0.1) is 11.8 Å². The normalized spacial score (nSPS) is 26.4. The molecule has 0 radical (unpaired) electrons. The van der Waals surface area contributed by atoms with E-state index in [-0.39, 0.29) is 34.8 Å². The highest BCUT2D eigenvalue weighted by atomic mass is 35.5. The van der Waals surface area contributed by atoms with Gasteiger partial charge in [0.15, 0.2) is 11.4 Å². The molecule has 4 rings (SSSR count). The summed E-state index contributed by atoms with van der Waals surface area (Å²) in [7, 11) is 1.93. The molecule has 0 aromatic heterocycles. The molecule has 1 amide bonds. The Morgan fingerprint density at radius 2 is 1.67 bits per heavy atom. The zero-order chi connectivity index (χ0) is 29.9. The SMILES string of the molecule is CN(C)c1c(Cl)cc(O)c2c1CC1CC3[C@H](N(C)C)C(=O)C(C(N)=O)=C(O)C3(O)C(=O)C1=C2O.O=S(=O)(O)O. The Morgan fingerprint density at radius 1 is 1.13 bits per heavy atom. The Kier molecular flexibility index (Phi) is 7.84. The van der Waals surface area contributed by atoms with Crippen LogP contribution in [-0.4, -0.2) is 100 Å². The number of nitrogens with zero attached hydrogens (tertiary/aromatic N) is 2. The number of carbonyl (C=O) groups excluding carboxylic acids is 3. The van der Waals surface area contributed by atoms with Gasteiger partial charge in [-0.15, -0.1) is 0 Å². The van der Waals surface area contributed by atoms with Crippen molar-refractivity contribution in [3.05, 3.63) is 39.1 Å². The minimum absolute atomic E-state index is 0.00406. The van der Waals surface area contributed by atoms with Crippen LogP contribution in [0.25, 0.3) is 5.76 Å². The molecule has 4 atom stereocenters. The number of primary amides is 1. The summed E-state index contributed by atoms with van der Waals surface area (Å²) in [4.78, 5) is 42.0. The van der Waals surface area contributed by atoms with Crippen LogP contribution in [0.2, 0.25) is 5.02 Å². The molecule has 8 N–H and O–H groups in total. The van der Waals surface area contributed by atoms with Gasteiger partial charge in [-0.05, 0) is 38.4 Å². The maximum atomic E-state index is 13.7. The highest BCUT2D eigenvalue weighted by Crippen LogP contribution is 2.54. The van der Waals surface area contributed by atoms with Gasteiger partial charge >= 0.3 is 10.4 Å². The molecular weight excluding hydrogens is 562 g/mol. The predicted molar refractivity (Wildman–Crippen MR) is 138 cm³/mol. The summed E-state index contributed by atoms with van der Waals surface area (Å²) in [6.07, 6.45) is 0.197. The number of carbonyl (C=O) groups is 3. The molecule has 214 valence electrons. The van der Waals surface area contributed by atoms with E-state index in [0.717, 1.165) is 0 Å². The highest BCUT2D eigenvalue weighted by molar-refractivity contribution is 7.79. The van der Waals surface area contributed by atoms with Crippen molar-refractivity contribution in [2.75, 3.05) is 33.1 Å². The first-order valence-corrected chi connectivity index (χ1v) is 13.1. The number of rotatable bonds is 3. The zero-order valence-electron chi connectivity index (χ0n) is 21.2. The number of ketones is 2.